The molecule has 2 aliphatic heterocycles. The zero-order valence-corrected chi connectivity index (χ0v) is 13.1. The van der Waals surface area contributed by atoms with Gasteiger partial charge in [-0.1, -0.05) is 18.2 Å². The molecule has 1 saturated carbocycles. The SMILES string of the molecule is CC(O)CC1C2CNCC21C1=CCC(N2CCCC2)C=C1. The first-order chi connectivity index (χ1) is 10.2. The van der Waals surface area contributed by atoms with Gasteiger partial charge in [-0.15, -0.1) is 0 Å². The number of nitrogens with one attached hydrogen (secondary N) is 1. The second-order valence-electron chi connectivity index (χ2n) is 7.53. The molecule has 0 aromatic rings. The molecule has 4 rings (SSSR count). The minimum atomic E-state index is -0.164. The molecule has 116 valence electrons. The van der Waals surface area contributed by atoms with Crippen molar-refractivity contribution in [2.45, 2.75) is 44.8 Å². The average molecular weight is 288 g/mol. The number of hydrogen-bond donors (Lipinski definition) is 2. The first-order valence-corrected chi connectivity index (χ1v) is 8.73. The van der Waals surface area contributed by atoms with Gasteiger partial charge < -0.3 is 10.4 Å². The van der Waals surface area contributed by atoms with Crippen molar-refractivity contribution in [2.75, 3.05) is 26.2 Å². The highest BCUT2D eigenvalue weighted by molar-refractivity contribution is 5.42. The Morgan fingerprint density at radius 2 is 2.24 bits per heavy atom. The summed E-state index contributed by atoms with van der Waals surface area (Å²) in [7, 11) is 0. The van der Waals surface area contributed by atoms with E-state index in [9.17, 15) is 5.11 Å². The molecule has 5 unspecified atom stereocenters. The Balaban J connectivity index is 1.46. The summed E-state index contributed by atoms with van der Waals surface area (Å²) < 4.78 is 0. The van der Waals surface area contributed by atoms with Crippen LogP contribution >= 0.6 is 0 Å². The molecule has 3 heteroatoms. The minimum absolute atomic E-state index is 0.164. The van der Waals surface area contributed by atoms with Crippen LogP contribution in [0.5, 0.6) is 0 Å². The predicted molar refractivity (Wildman–Crippen MR) is 85.0 cm³/mol. The first-order valence-electron chi connectivity index (χ1n) is 8.73. The number of aliphatic hydroxyl groups excluding tert-OH is 1. The molecule has 0 aromatic carbocycles. The van der Waals surface area contributed by atoms with Gasteiger partial charge in [-0.2, -0.15) is 0 Å². The van der Waals surface area contributed by atoms with Crippen molar-refractivity contribution in [3.05, 3.63) is 23.8 Å². The Bertz CT molecular complexity index is 464. The molecule has 0 aromatic heterocycles. The summed E-state index contributed by atoms with van der Waals surface area (Å²) in [4.78, 5) is 2.63. The van der Waals surface area contributed by atoms with E-state index in [2.05, 4.69) is 28.4 Å². The zero-order valence-electron chi connectivity index (χ0n) is 13.1. The molecule has 0 spiro atoms. The molecule has 0 radical (unpaired) electrons. The van der Waals surface area contributed by atoms with Crippen LogP contribution in [0.15, 0.2) is 23.8 Å². The van der Waals surface area contributed by atoms with Gasteiger partial charge in [0.2, 0.25) is 0 Å². The van der Waals surface area contributed by atoms with Crippen molar-refractivity contribution in [3.63, 3.8) is 0 Å². The van der Waals surface area contributed by atoms with Gasteiger partial charge in [0.1, 0.15) is 0 Å². The molecule has 0 bridgehead atoms. The second kappa shape index (κ2) is 5.22. The van der Waals surface area contributed by atoms with E-state index in [1.807, 2.05) is 6.92 Å². The molecule has 4 aliphatic rings. The Morgan fingerprint density at radius 3 is 2.90 bits per heavy atom. The third-order valence-corrected chi connectivity index (χ3v) is 6.30. The van der Waals surface area contributed by atoms with Gasteiger partial charge >= 0.3 is 0 Å². The van der Waals surface area contributed by atoms with Crippen molar-refractivity contribution < 1.29 is 5.11 Å². The van der Waals surface area contributed by atoms with E-state index in [0.29, 0.717) is 17.4 Å². The molecule has 3 fully saturated rings. The molecule has 5 atom stereocenters. The van der Waals surface area contributed by atoms with E-state index >= 15 is 0 Å². The van der Waals surface area contributed by atoms with Gasteiger partial charge in [-0.3, -0.25) is 4.90 Å². The molecule has 21 heavy (non-hydrogen) atoms. The Labute approximate surface area is 128 Å². The maximum atomic E-state index is 9.75. The van der Waals surface area contributed by atoms with Crippen LogP contribution in [0.3, 0.4) is 0 Å². The maximum absolute atomic E-state index is 9.75. The molecule has 0 amide bonds. The van der Waals surface area contributed by atoms with E-state index in [1.54, 1.807) is 5.57 Å². The van der Waals surface area contributed by atoms with Crippen LogP contribution in [0, 0.1) is 17.3 Å². The van der Waals surface area contributed by atoms with E-state index in [1.165, 1.54) is 32.4 Å². The largest absolute Gasteiger partial charge is 0.393 e. The normalized spacial score (nSPS) is 43.7. The van der Waals surface area contributed by atoms with Crippen LogP contribution in [0.4, 0.5) is 0 Å². The van der Waals surface area contributed by atoms with Crippen LogP contribution in [0.2, 0.25) is 0 Å². The number of rotatable bonds is 4. The van der Waals surface area contributed by atoms with Crippen LogP contribution < -0.4 is 5.32 Å². The Kier molecular flexibility index (Phi) is 3.48. The van der Waals surface area contributed by atoms with E-state index in [0.717, 1.165) is 25.4 Å². The highest BCUT2D eigenvalue weighted by atomic mass is 16.3. The van der Waals surface area contributed by atoms with Crippen LogP contribution in [0.25, 0.3) is 0 Å². The van der Waals surface area contributed by atoms with Crippen molar-refractivity contribution in [2.24, 2.45) is 17.3 Å². The summed E-state index contributed by atoms with van der Waals surface area (Å²) in [5, 5.41) is 13.3. The van der Waals surface area contributed by atoms with Crippen molar-refractivity contribution >= 4 is 0 Å². The van der Waals surface area contributed by atoms with Crippen LogP contribution in [-0.4, -0.2) is 48.3 Å². The lowest BCUT2D eigenvalue weighted by Crippen LogP contribution is -2.32. The summed E-state index contributed by atoms with van der Waals surface area (Å²) in [6.07, 6.45) is 12.1. The minimum Gasteiger partial charge on any atom is -0.393 e. The van der Waals surface area contributed by atoms with Crippen molar-refractivity contribution in [1.29, 1.82) is 0 Å². The van der Waals surface area contributed by atoms with Crippen LogP contribution in [-0.2, 0) is 0 Å². The number of fused-ring (bicyclic) bond motifs is 1. The van der Waals surface area contributed by atoms with E-state index in [4.69, 9.17) is 0 Å². The average Bonchev–Trinajstić information content (AvgIpc) is 2.96. The summed E-state index contributed by atoms with van der Waals surface area (Å²) >= 11 is 0. The lowest BCUT2D eigenvalue weighted by molar-refractivity contribution is 0.169. The van der Waals surface area contributed by atoms with E-state index < -0.39 is 0 Å². The summed E-state index contributed by atoms with van der Waals surface area (Å²) in [6.45, 7) is 6.73. The number of nitrogens with zero attached hydrogens (tertiary/aromatic N) is 1. The summed E-state index contributed by atoms with van der Waals surface area (Å²) in [5.41, 5.74) is 1.90. The van der Waals surface area contributed by atoms with Gasteiger partial charge in [0.15, 0.2) is 0 Å². The fourth-order valence-electron chi connectivity index (χ4n) is 5.20. The number of likely N-dealkylation sites (tertiary alicyclic amines) is 1. The lowest BCUT2D eigenvalue weighted by atomic mass is 9.86. The highest BCUT2D eigenvalue weighted by Gasteiger charge is 2.67. The number of aliphatic hydroxyl groups is 1. The Hall–Kier alpha value is -0.640. The monoisotopic (exact) mass is 288 g/mol. The molecule has 2 saturated heterocycles. The maximum Gasteiger partial charge on any atom is 0.0515 e. The fraction of sp³-hybridized carbons (Fsp3) is 0.778. The van der Waals surface area contributed by atoms with Gasteiger partial charge in [0, 0.05) is 18.0 Å². The molecular formula is C18H28N2O. The topological polar surface area (TPSA) is 35.5 Å². The Morgan fingerprint density at radius 1 is 1.43 bits per heavy atom. The predicted octanol–water partition coefficient (Wildman–Crippen LogP) is 1.94. The smallest absolute Gasteiger partial charge is 0.0515 e. The third kappa shape index (κ3) is 2.21. The standard InChI is InChI=1S/C18H28N2O/c1-13(21)10-16-17-11-19-12-18(16,17)14-4-6-15(7-5-14)20-8-2-3-9-20/h4-6,13,15-17,19,21H,2-3,7-12H2,1H3. The number of hydrogen-bond acceptors (Lipinski definition) is 3. The van der Waals surface area contributed by atoms with Crippen LogP contribution in [0.1, 0.15) is 32.6 Å². The molecule has 3 nitrogen and oxygen atoms in total. The van der Waals surface area contributed by atoms with Gasteiger partial charge in [-0.25, -0.2) is 0 Å². The second-order valence-corrected chi connectivity index (χ2v) is 7.53. The molecule has 2 heterocycles. The zero-order chi connectivity index (χ0) is 14.4. The number of allylic oxidation sites excluding steroid dienone is 1. The molecular weight excluding hydrogens is 260 g/mol. The highest BCUT2D eigenvalue weighted by Crippen LogP contribution is 2.67. The fourth-order valence-corrected chi connectivity index (χ4v) is 5.20. The van der Waals surface area contributed by atoms with Crippen molar-refractivity contribution in [3.8, 4) is 0 Å². The summed E-state index contributed by atoms with van der Waals surface area (Å²) in [6, 6.07) is 0.634. The first kappa shape index (κ1) is 14.0. The third-order valence-electron chi connectivity index (χ3n) is 6.30. The van der Waals surface area contributed by atoms with Gasteiger partial charge in [0.05, 0.1) is 6.10 Å². The quantitative estimate of drug-likeness (QED) is 0.830. The van der Waals surface area contributed by atoms with Gasteiger partial charge in [-0.05, 0) is 69.7 Å². The number of piperidine rings is 1. The molecule has 2 aliphatic carbocycles. The summed E-state index contributed by atoms with van der Waals surface area (Å²) in [5.74, 6) is 1.45. The van der Waals surface area contributed by atoms with Crippen molar-refractivity contribution in [1.82, 2.24) is 10.2 Å². The van der Waals surface area contributed by atoms with Gasteiger partial charge in [0.25, 0.3) is 0 Å². The lowest BCUT2D eigenvalue weighted by Gasteiger charge is -2.28. The van der Waals surface area contributed by atoms with E-state index in [-0.39, 0.29) is 6.10 Å². The molecule has 2 N–H and O–H groups in total.